The summed E-state index contributed by atoms with van der Waals surface area (Å²) in [6, 6.07) is 0. The molecule has 18 heavy (non-hydrogen) atoms. The van der Waals surface area contributed by atoms with Gasteiger partial charge in [-0.05, 0) is 19.3 Å². The minimum Gasteiger partial charge on any atom is -0.390 e. The topological polar surface area (TPSA) is 95.1 Å². The molecule has 6 nitrogen and oxygen atoms in total. The van der Waals surface area contributed by atoms with Crippen molar-refractivity contribution in [3.8, 4) is 0 Å². The summed E-state index contributed by atoms with van der Waals surface area (Å²) in [4.78, 5) is 0.0820. The third-order valence-electron chi connectivity index (χ3n) is 3.45. The van der Waals surface area contributed by atoms with E-state index < -0.39 is 10.0 Å². The lowest BCUT2D eigenvalue weighted by Crippen LogP contribution is -2.28. The molecule has 1 aliphatic rings. The maximum Gasteiger partial charge on any atom is 0.244 e. The van der Waals surface area contributed by atoms with Gasteiger partial charge in [0.2, 0.25) is 10.0 Å². The summed E-state index contributed by atoms with van der Waals surface area (Å²) in [5.74, 6) is 0.662. The van der Waals surface area contributed by atoms with Gasteiger partial charge in [0.1, 0.15) is 10.6 Å². The van der Waals surface area contributed by atoms with E-state index in [0.29, 0.717) is 18.2 Å². The zero-order valence-corrected chi connectivity index (χ0v) is 11.3. The third kappa shape index (κ3) is 2.73. The number of aryl methyl sites for hydroxylation is 1. The maximum absolute atomic E-state index is 12.1. The summed E-state index contributed by atoms with van der Waals surface area (Å²) in [6.07, 6.45) is 4.54. The van der Waals surface area contributed by atoms with Gasteiger partial charge in [0, 0.05) is 6.54 Å². The number of aromatic nitrogens is 2. The van der Waals surface area contributed by atoms with Crippen LogP contribution in [0.15, 0.2) is 4.90 Å². The van der Waals surface area contributed by atoms with E-state index in [-0.39, 0.29) is 17.2 Å². The van der Waals surface area contributed by atoms with E-state index in [1.54, 1.807) is 6.92 Å². The maximum atomic E-state index is 12.1. The van der Waals surface area contributed by atoms with Gasteiger partial charge in [-0.2, -0.15) is 5.10 Å². The van der Waals surface area contributed by atoms with Crippen molar-refractivity contribution in [3.05, 3.63) is 11.4 Å². The average Bonchev–Trinajstić information content (AvgIpc) is 2.64. The molecule has 2 rings (SSSR count). The van der Waals surface area contributed by atoms with Gasteiger partial charge in [0.15, 0.2) is 0 Å². The molecule has 1 aromatic heterocycles. The van der Waals surface area contributed by atoms with Gasteiger partial charge in [0.25, 0.3) is 0 Å². The van der Waals surface area contributed by atoms with Crippen molar-refractivity contribution in [2.45, 2.75) is 44.1 Å². The lowest BCUT2D eigenvalue weighted by molar-refractivity contribution is 0.273. The molecule has 0 aliphatic heterocycles. The summed E-state index contributed by atoms with van der Waals surface area (Å²) in [5.41, 5.74) is 0.624. The fourth-order valence-corrected chi connectivity index (χ4v) is 3.58. The van der Waals surface area contributed by atoms with Crippen LogP contribution < -0.4 is 4.72 Å². The van der Waals surface area contributed by atoms with Gasteiger partial charge < -0.3 is 5.11 Å². The predicted molar refractivity (Wildman–Crippen MR) is 66.4 cm³/mol. The van der Waals surface area contributed by atoms with Gasteiger partial charge in [0.05, 0.1) is 12.3 Å². The van der Waals surface area contributed by atoms with Crippen molar-refractivity contribution in [2.24, 2.45) is 5.92 Å². The van der Waals surface area contributed by atoms with Crippen LogP contribution in [0.25, 0.3) is 0 Å². The Balaban J connectivity index is 2.02. The highest BCUT2D eigenvalue weighted by atomic mass is 32.2. The highest BCUT2D eigenvalue weighted by Crippen LogP contribution is 2.29. The standard InChI is InChI=1S/C11H19N3O3S/c1-8-11(10(7-15)14-13-8)18(16,17)12-6-5-9-3-2-4-9/h9,12,15H,2-7H2,1H3,(H,13,14). The number of aliphatic hydroxyl groups is 1. The fourth-order valence-electron chi connectivity index (χ4n) is 2.18. The zero-order chi connectivity index (χ0) is 13.2. The van der Waals surface area contributed by atoms with E-state index in [4.69, 9.17) is 5.11 Å². The lowest BCUT2D eigenvalue weighted by Gasteiger charge is -2.25. The van der Waals surface area contributed by atoms with Crippen LogP contribution in [0, 0.1) is 12.8 Å². The Morgan fingerprint density at radius 3 is 2.78 bits per heavy atom. The quantitative estimate of drug-likeness (QED) is 0.710. The van der Waals surface area contributed by atoms with Gasteiger partial charge in [-0.1, -0.05) is 19.3 Å². The van der Waals surface area contributed by atoms with E-state index in [1.807, 2.05) is 0 Å². The molecule has 0 amide bonds. The van der Waals surface area contributed by atoms with Crippen molar-refractivity contribution < 1.29 is 13.5 Å². The van der Waals surface area contributed by atoms with Gasteiger partial charge in [-0.3, -0.25) is 5.10 Å². The van der Waals surface area contributed by atoms with E-state index >= 15 is 0 Å². The number of H-pyrrole nitrogens is 1. The Kier molecular flexibility index (Phi) is 4.04. The Hall–Kier alpha value is -0.920. The molecule has 1 fully saturated rings. The van der Waals surface area contributed by atoms with Crippen molar-refractivity contribution in [1.29, 1.82) is 0 Å². The van der Waals surface area contributed by atoms with Crippen molar-refractivity contribution in [1.82, 2.24) is 14.9 Å². The first-order chi connectivity index (χ1) is 8.54. The molecule has 3 N–H and O–H groups in total. The second-order valence-corrected chi connectivity index (χ2v) is 6.47. The second kappa shape index (κ2) is 5.38. The molecule has 0 bridgehead atoms. The van der Waals surface area contributed by atoms with Crippen LogP contribution in [0.4, 0.5) is 0 Å². The first-order valence-electron chi connectivity index (χ1n) is 6.19. The molecule has 1 aromatic rings. The largest absolute Gasteiger partial charge is 0.390 e. The Morgan fingerprint density at radius 1 is 1.50 bits per heavy atom. The fraction of sp³-hybridized carbons (Fsp3) is 0.727. The minimum absolute atomic E-state index is 0.0820. The molecule has 1 heterocycles. The van der Waals surface area contributed by atoms with Crippen molar-refractivity contribution in [2.75, 3.05) is 6.54 Å². The lowest BCUT2D eigenvalue weighted by atomic mass is 9.83. The summed E-state index contributed by atoms with van der Waals surface area (Å²) in [5, 5.41) is 15.4. The molecule has 0 spiro atoms. The minimum atomic E-state index is -3.57. The average molecular weight is 273 g/mol. The SMILES string of the molecule is Cc1[nH]nc(CO)c1S(=O)(=O)NCCC1CCC1. The normalized spacial score (nSPS) is 16.8. The molecule has 7 heteroatoms. The molecular weight excluding hydrogens is 254 g/mol. The Morgan fingerprint density at radius 2 is 2.22 bits per heavy atom. The molecule has 0 unspecified atom stereocenters. The van der Waals surface area contributed by atoms with Crippen LogP contribution >= 0.6 is 0 Å². The number of nitrogens with one attached hydrogen (secondary N) is 2. The van der Waals surface area contributed by atoms with Gasteiger partial charge in [-0.15, -0.1) is 0 Å². The first kappa shape index (κ1) is 13.5. The Bertz CT molecular complexity index is 506. The molecule has 1 aliphatic carbocycles. The monoisotopic (exact) mass is 273 g/mol. The predicted octanol–water partition coefficient (Wildman–Crippen LogP) is 0.679. The molecule has 0 aromatic carbocycles. The number of aromatic amines is 1. The third-order valence-corrected chi connectivity index (χ3v) is 5.11. The summed E-state index contributed by atoms with van der Waals surface area (Å²) < 4.78 is 26.8. The van der Waals surface area contributed by atoms with E-state index in [0.717, 1.165) is 6.42 Å². The van der Waals surface area contributed by atoms with Crippen LogP contribution in [-0.2, 0) is 16.6 Å². The van der Waals surface area contributed by atoms with Crippen LogP contribution in [0.5, 0.6) is 0 Å². The highest BCUT2D eigenvalue weighted by molar-refractivity contribution is 7.89. The number of nitrogens with zero attached hydrogens (tertiary/aromatic N) is 1. The summed E-state index contributed by atoms with van der Waals surface area (Å²) in [7, 11) is -3.57. The van der Waals surface area contributed by atoms with Crippen molar-refractivity contribution >= 4 is 10.0 Å². The molecule has 1 saturated carbocycles. The van der Waals surface area contributed by atoms with Crippen LogP contribution in [0.1, 0.15) is 37.1 Å². The van der Waals surface area contributed by atoms with Crippen LogP contribution in [0.3, 0.4) is 0 Å². The number of sulfonamides is 1. The Labute approximate surface area is 107 Å². The van der Waals surface area contributed by atoms with Gasteiger partial charge >= 0.3 is 0 Å². The number of aliphatic hydroxyl groups excluding tert-OH is 1. The van der Waals surface area contributed by atoms with E-state index in [9.17, 15) is 8.42 Å². The smallest absolute Gasteiger partial charge is 0.244 e. The summed E-state index contributed by atoms with van der Waals surface area (Å²) in [6.45, 7) is 1.69. The summed E-state index contributed by atoms with van der Waals surface area (Å²) >= 11 is 0. The van der Waals surface area contributed by atoms with E-state index in [1.165, 1.54) is 19.3 Å². The van der Waals surface area contributed by atoms with E-state index in [2.05, 4.69) is 14.9 Å². The molecule has 0 atom stereocenters. The molecule has 102 valence electrons. The zero-order valence-electron chi connectivity index (χ0n) is 10.4. The number of hydrogen-bond acceptors (Lipinski definition) is 4. The van der Waals surface area contributed by atoms with Gasteiger partial charge in [-0.25, -0.2) is 13.1 Å². The highest BCUT2D eigenvalue weighted by Gasteiger charge is 2.24. The second-order valence-electron chi connectivity index (χ2n) is 4.77. The van der Waals surface area contributed by atoms with Crippen molar-refractivity contribution in [3.63, 3.8) is 0 Å². The first-order valence-corrected chi connectivity index (χ1v) is 7.67. The van der Waals surface area contributed by atoms with Crippen LogP contribution in [-0.4, -0.2) is 30.3 Å². The van der Waals surface area contributed by atoms with Crippen LogP contribution in [0.2, 0.25) is 0 Å². The number of rotatable bonds is 6. The molecular formula is C11H19N3O3S. The number of hydrogen-bond donors (Lipinski definition) is 3. The molecule has 0 radical (unpaired) electrons. The molecule has 0 saturated heterocycles.